The zero-order valence-corrected chi connectivity index (χ0v) is 18.8. The molecular formula is C23H17ClN4O4S. The predicted molar refractivity (Wildman–Crippen MR) is 127 cm³/mol. The van der Waals surface area contributed by atoms with Crippen LogP contribution in [0.15, 0.2) is 58.8 Å². The summed E-state index contributed by atoms with van der Waals surface area (Å²) in [5, 5.41) is 33.4. The Morgan fingerprint density at radius 2 is 1.94 bits per heavy atom. The second-order valence-electron chi connectivity index (χ2n) is 7.10. The van der Waals surface area contributed by atoms with Crippen LogP contribution in [0.1, 0.15) is 32.0 Å². The molecule has 33 heavy (non-hydrogen) atoms. The van der Waals surface area contributed by atoms with Crippen LogP contribution in [0, 0.1) is 6.92 Å². The third kappa shape index (κ3) is 4.61. The first-order valence-corrected chi connectivity index (χ1v) is 10.9. The summed E-state index contributed by atoms with van der Waals surface area (Å²) in [5.41, 5.74) is 1.99. The lowest BCUT2D eigenvalue weighted by molar-refractivity contribution is 0.102. The van der Waals surface area contributed by atoms with Gasteiger partial charge < -0.3 is 15.5 Å². The minimum absolute atomic E-state index is 0.0300. The lowest BCUT2D eigenvalue weighted by atomic mass is 10.0. The van der Waals surface area contributed by atoms with Crippen LogP contribution in [0.3, 0.4) is 0 Å². The van der Waals surface area contributed by atoms with E-state index in [-0.39, 0.29) is 28.6 Å². The van der Waals surface area contributed by atoms with Crippen LogP contribution >= 0.6 is 23.1 Å². The molecule has 0 radical (unpaired) electrons. The molecule has 0 fully saturated rings. The summed E-state index contributed by atoms with van der Waals surface area (Å²) in [6, 6.07) is 13.1. The maximum absolute atomic E-state index is 13.0. The van der Waals surface area contributed by atoms with Crippen molar-refractivity contribution in [3.63, 3.8) is 0 Å². The van der Waals surface area contributed by atoms with Crippen LogP contribution in [0.2, 0.25) is 5.02 Å². The highest BCUT2D eigenvalue weighted by atomic mass is 35.5. The highest BCUT2D eigenvalue weighted by molar-refractivity contribution is 7.10. The lowest BCUT2D eigenvalue weighted by Gasteiger charge is -2.12. The molecular weight excluding hydrogens is 464 g/mol. The van der Waals surface area contributed by atoms with Gasteiger partial charge in [0.25, 0.3) is 5.91 Å². The van der Waals surface area contributed by atoms with Crippen molar-refractivity contribution in [3.05, 3.63) is 75.9 Å². The van der Waals surface area contributed by atoms with E-state index >= 15 is 0 Å². The van der Waals surface area contributed by atoms with E-state index in [4.69, 9.17) is 11.6 Å². The molecule has 1 amide bonds. The average Bonchev–Trinajstić information content (AvgIpc) is 3.18. The van der Waals surface area contributed by atoms with E-state index in [1.807, 2.05) is 0 Å². The van der Waals surface area contributed by atoms with Crippen LogP contribution < -0.4 is 5.32 Å². The largest absolute Gasteiger partial charge is 0.505 e. The van der Waals surface area contributed by atoms with Crippen LogP contribution in [-0.4, -0.2) is 26.8 Å². The fraction of sp³-hybridized carbons (Fsp3) is 0.0870. The topological polar surface area (TPSA) is 124 Å². The number of benzene rings is 3. The fourth-order valence-electron chi connectivity index (χ4n) is 3.20. The first-order valence-electron chi connectivity index (χ1n) is 9.71. The number of hydrogen-bond acceptors (Lipinski definition) is 8. The number of carbonyl (C=O) groups excluding carboxylic acids is 2. The molecule has 1 heterocycles. The number of nitrogens with one attached hydrogen (secondary N) is 1. The molecule has 8 nitrogen and oxygen atoms in total. The molecule has 10 heteroatoms. The van der Waals surface area contributed by atoms with Gasteiger partial charge in [0.15, 0.2) is 17.0 Å². The van der Waals surface area contributed by atoms with Crippen molar-refractivity contribution in [1.82, 2.24) is 4.37 Å². The summed E-state index contributed by atoms with van der Waals surface area (Å²) >= 11 is 6.90. The maximum Gasteiger partial charge on any atom is 0.259 e. The Balaban J connectivity index is 1.82. The first-order chi connectivity index (χ1) is 15.9. The van der Waals surface area contributed by atoms with Gasteiger partial charge in [-0.3, -0.25) is 9.59 Å². The third-order valence-corrected chi connectivity index (χ3v) is 6.02. The number of fused-ring (bicyclic) bond motifs is 1. The van der Waals surface area contributed by atoms with Crippen LogP contribution in [0.5, 0.6) is 5.75 Å². The normalized spacial score (nSPS) is 11.2. The minimum atomic E-state index is -0.565. The summed E-state index contributed by atoms with van der Waals surface area (Å²) in [6.07, 6.45) is 0.647. The molecule has 0 bridgehead atoms. The molecule has 0 atom stereocenters. The number of aliphatic hydroxyl groups excluding tert-OH is 1. The number of rotatable bonds is 6. The van der Waals surface area contributed by atoms with Crippen molar-refractivity contribution >= 4 is 62.5 Å². The molecule has 3 aromatic carbocycles. The van der Waals surface area contributed by atoms with Crippen LogP contribution in [0.25, 0.3) is 10.8 Å². The molecule has 0 aliphatic carbocycles. The molecule has 0 unspecified atom stereocenters. The van der Waals surface area contributed by atoms with Crippen molar-refractivity contribution in [2.75, 3.05) is 5.32 Å². The molecule has 4 aromatic rings. The number of anilines is 1. The third-order valence-electron chi connectivity index (χ3n) is 4.93. The molecule has 0 saturated heterocycles. The molecule has 0 spiro atoms. The molecule has 1 aromatic heterocycles. The Bertz CT molecular complexity index is 1400. The van der Waals surface area contributed by atoms with E-state index in [1.165, 1.54) is 6.07 Å². The van der Waals surface area contributed by atoms with E-state index in [1.54, 1.807) is 49.4 Å². The molecule has 4 rings (SSSR count). The highest BCUT2D eigenvalue weighted by Gasteiger charge is 2.19. The average molecular weight is 481 g/mol. The van der Waals surface area contributed by atoms with Gasteiger partial charge in [0, 0.05) is 16.1 Å². The minimum Gasteiger partial charge on any atom is -0.505 e. The number of aromatic nitrogens is 1. The lowest BCUT2D eigenvalue weighted by Crippen LogP contribution is -2.12. The number of amides is 1. The first kappa shape index (κ1) is 22.5. The number of aliphatic hydroxyl groups is 1. The van der Waals surface area contributed by atoms with E-state index in [0.717, 1.165) is 11.5 Å². The number of carbonyl (C=O) groups is 2. The number of halogens is 1. The number of aldehydes is 1. The van der Waals surface area contributed by atoms with Gasteiger partial charge >= 0.3 is 0 Å². The van der Waals surface area contributed by atoms with Gasteiger partial charge in [0.2, 0.25) is 0 Å². The van der Waals surface area contributed by atoms with Crippen molar-refractivity contribution in [2.45, 2.75) is 13.5 Å². The molecule has 0 aliphatic heterocycles. The van der Waals surface area contributed by atoms with E-state index < -0.39 is 5.91 Å². The summed E-state index contributed by atoms with van der Waals surface area (Å²) in [4.78, 5) is 24.3. The van der Waals surface area contributed by atoms with Gasteiger partial charge in [-0.15, -0.1) is 10.2 Å². The summed E-state index contributed by atoms with van der Waals surface area (Å²) in [7, 11) is 0. The fourth-order valence-corrected chi connectivity index (χ4v) is 4.02. The monoisotopic (exact) mass is 480 g/mol. The zero-order valence-electron chi connectivity index (χ0n) is 17.2. The van der Waals surface area contributed by atoms with Crippen molar-refractivity contribution in [1.29, 1.82) is 0 Å². The van der Waals surface area contributed by atoms with Crippen molar-refractivity contribution in [3.8, 4) is 5.75 Å². The predicted octanol–water partition coefficient (Wildman–Crippen LogP) is 5.94. The Kier molecular flexibility index (Phi) is 6.45. The number of phenolic OH excluding ortho intramolecular Hbond substituents is 1. The quantitative estimate of drug-likeness (QED) is 0.233. The van der Waals surface area contributed by atoms with Gasteiger partial charge in [-0.1, -0.05) is 23.7 Å². The molecule has 0 saturated carbocycles. The number of azo groups is 1. The second-order valence-corrected chi connectivity index (χ2v) is 8.29. The molecule has 3 N–H and O–H groups in total. The van der Waals surface area contributed by atoms with Gasteiger partial charge in [0.1, 0.15) is 5.69 Å². The Morgan fingerprint density at radius 1 is 1.18 bits per heavy atom. The number of aromatic hydroxyl groups is 1. The number of aryl methyl sites for hydroxylation is 1. The number of hydrogen-bond donors (Lipinski definition) is 3. The van der Waals surface area contributed by atoms with Crippen LogP contribution in [-0.2, 0) is 6.61 Å². The zero-order chi connectivity index (χ0) is 23.5. The maximum atomic E-state index is 13.0. The molecule has 166 valence electrons. The van der Waals surface area contributed by atoms with E-state index in [0.29, 0.717) is 44.6 Å². The highest BCUT2D eigenvalue weighted by Crippen LogP contribution is 2.40. The van der Waals surface area contributed by atoms with Gasteiger partial charge in [-0.05, 0) is 65.8 Å². The number of phenols is 1. The standard InChI is InChI=1S/C23H17ClN4O4S/c1-12-19(11-30)23(33-28-12)27-26-20-17-7-2-13(10-29)8-14(17)9-18(21(20)31)22(32)25-16-5-3-15(24)4-6-16/h2-9,11,29,31H,10H2,1H3,(H,25,32). The van der Waals surface area contributed by atoms with Crippen molar-refractivity contribution in [2.24, 2.45) is 10.2 Å². The molecule has 0 aliphatic rings. The van der Waals surface area contributed by atoms with E-state index in [2.05, 4.69) is 19.9 Å². The summed E-state index contributed by atoms with van der Waals surface area (Å²) < 4.78 is 4.10. The van der Waals surface area contributed by atoms with Gasteiger partial charge in [-0.2, -0.15) is 4.37 Å². The Hall–Kier alpha value is -3.66. The smallest absolute Gasteiger partial charge is 0.259 e. The second kappa shape index (κ2) is 9.45. The van der Waals surface area contributed by atoms with Gasteiger partial charge in [-0.25, -0.2) is 0 Å². The number of nitrogens with zero attached hydrogens (tertiary/aromatic N) is 3. The summed E-state index contributed by atoms with van der Waals surface area (Å²) in [5.74, 6) is -0.937. The van der Waals surface area contributed by atoms with Crippen LogP contribution in [0.4, 0.5) is 16.4 Å². The summed E-state index contributed by atoms with van der Waals surface area (Å²) in [6.45, 7) is 1.49. The SMILES string of the molecule is Cc1nsc(N=Nc2c(O)c(C(=O)Nc3ccc(Cl)cc3)cc3cc(CO)ccc23)c1C=O. The van der Waals surface area contributed by atoms with Crippen molar-refractivity contribution < 1.29 is 19.8 Å². The van der Waals surface area contributed by atoms with Gasteiger partial charge in [0.05, 0.1) is 23.4 Å². The Morgan fingerprint density at radius 3 is 2.64 bits per heavy atom. The Labute approximate surface area is 197 Å². The van der Waals surface area contributed by atoms with E-state index in [9.17, 15) is 19.8 Å².